The molecule has 0 bridgehead atoms. The van der Waals surface area contributed by atoms with Crippen LogP contribution in [0.2, 0.25) is 5.02 Å². The molecule has 1 aromatic heterocycles. The smallest absolute Gasteiger partial charge is 0.223 e. The number of aryl methyl sites for hydroxylation is 1. The first-order chi connectivity index (χ1) is 15.6. The van der Waals surface area contributed by atoms with Gasteiger partial charge in [0.05, 0.1) is 6.20 Å². The Hall–Kier alpha value is -3.12. The first-order valence-electron chi connectivity index (χ1n) is 10.9. The first-order valence-corrected chi connectivity index (χ1v) is 11.3. The van der Waals surface area contributed by atoms with Gasteiger partial charge >= 0.3 is 0 Å². The summed E-state index contributed by atoms with van der Waals surface area (Å²) in [5.41, 5.74) is 1.98. The fraction of sp³-hybridized carbons (Fsp3) is 0.320. The van der Waals surface area contributed by atoms with Gasteiger partial charge in [-0.05, 0) is 42.7 Å². The van der Waals surface area contributed by atoms with Gasteiger partial charge in [0, 0.05) is 49.0 Å². The number of hydrogen-bond donors (Lipinski definition) is 1. The van der Waals surface area contributed by atoms with Gasteiger partial charge < -0.3 is 14.6 Å². The number of carbonyl (C=O) groups is 2. The molecule has 2 amide bonds. The Bertz CT molecular complexity index is 1040. The average Bonchev–Trinajstić information content (AvgIpc) is 3.31. The normalized spacial score (nSPS) is 14.3. The van der Waals surface area contributed by atoms with Crippen LogP contribution in [-0.2, 0) is 22.6 Å². The molecule has 2 heterocycles. The molecule has 0 aliphatic carbocycles. The number of hydrogen-bond acceptors (Lipinski definition) is 4. The molecule has 1 aliphatic rings. The van der Waals surface area contributed by atoms with Crippen molar-refractivity contribution in [1.82, 2.24) is 15.2 Å². The number of oxazole rings is 1. The van der Waals surface area contributed by atoms with E-state index in [4.69, 9.17) is 16.0 Å². The number of carbonyl (C=O) groups excluding carboxylic acids is 2. The molecule has 1 saturated heterocycles. The van der Waals surface area contributed by atoms with E-state index in [1.54, 1.807) is 18.3 Å². The van der Waals surface area contributed by atoms with Gasteiger partial charge in [0.2, 0.25) is 11.8 Å². The van der Waals surface area contributed by atoms with E-state index in [0.29, 0.717) is 62.0 Å². The topological polar surface area (TPSA) is 75.4 Å². The van der Waals surface area contributed by atoms with Gasteiger partial charge in [-0.2, -0.15) is 0 Å². The van der Waals surface area contributed by atoms with Gasteiger partial charge in [0.1, 0.15) is 0 Å². The van der Waals surface area contributed by atoms with Crippen LogP contribution in [-0.4, -0.2) is 34.8 Å². The van der Waals surface area contributed by atoms with Crippen LogP contribution in [0.4, 0.5) is 0 Å². The zero-order valence-corrected chi connectivity index (χ0v) is 18.6. The fourth-order valence-corrected chi connectivity index (χ4v) is 3.99. The predicted octanol–water partition coefficient (Wildman–Crippen LogP) is 4.48. The van der Waals surface area contributed by atoms with E-state index < -0.39 is 0 Å². The van der Waals surface area contributed by atoms with Crippen molar-refractivity contribution >= 4 is 23.4 Å². The predicted molar refractivity (Wildman–Crippen MR) is 123 cm³/mol. The highest BCUT2D eigenvalue weighted by molar-refractivity contribution is 6.30. The molecule has 3 aromatic rings. The largest absolute Gasteiger partial charge is 0.441 e. The van der Waals surface area contributed by atoms with Crippen molar-refractivity contribution in [3.63, 3.8) is 0 Å². The van der Waals surface area contributed by atoms with Crippen molar-refractivity contribution in [3.8, 4) is 11.3 Å². The van der Waals surface area contributed by atoms with E-state index in [-0.39, 0.29) is 17.7 Å². The maximum absolute atomic E-state index is 12.6. The van der Waals surface area contributed by atoms with Crippen LogP contribution in [0.15, 0.2) is 65.2 Å². The Morgan fingerprint density at radius 3 is 2.50 bits per heavy atom. The number of aromatic nitrogens is 1. The molecule has 6 nitrogen and oxygen atoms in total. The van der Waals surface area contributed by atoms with Gasteiger partial charge in [0.15, 0.2) is 11.7 Å². The average molecular weight is 452 g/mol. The second-order valence-electron chi connectivity index (χ2n) is 7.98. The van der Waals surface area contributed by atoms with E-state index in [1.165, 1.54) is 0 Å². The monoisotopic (exact) mass is 451 g/mol. The lowest BCUT2D eigenvalue weighted by Crippen LogP contribution is -2.43. The van der Waals surface area contributed by atoms with Crippen molar-refractivity contribution in [3.05, 3.63) is 77.3 Å². The third-order valence-corrected chi connectivity index (χ3v) is 6.02. The standard InChI is InChI=1S/C25H26ClN3O3/c26-21-8-6-19(7-9-21)22-17-27-23(32-22)10-11-24(30)29-14-12-20(13-15-29)25(31)28-16-18-4-2-1-3-5-18/h1-9,17,20H,10-16H2,(H,28,31). The van der Waals surface area contributed by atoms with Crippen LogP contribution >= 0.6 is 11.6 Å². The fourth-order valence-electron chi connectivity index (χ4n) is 3.87. The molecule has 7 heteroatoms. The summed E-state index contributed by atoms with van der Waals surface area (Å²) in [7, 11) is 0. The number of halogens is 1. The molecule has 2 aromatic carbocycles. The number of amides is 2. The molecular formula is C25H26ClN3O3. The lowest BCUT2D eigenvalue weighted by molar-refractivity contribution is -0.135. The molecule has 1 aliphatic heterocycles. The Morgan fingerprint density at radius 1 is 1.06 bits per heavy atom. The summed E-state index contributed by atoms with van der Waals surface area (Å²) in [5, 5.41) is 3.67. The number of nitrogens with one attached hydrogen (secondary N) is 1. The van der Waals surface area contributed by atoms with Crippen molar-refractivity contribution in [2.75, 3.05) is 13.1 Å². The van der Waals surface area contributed by atoms with Crippen LogP contribution in [0.5, 0.6) is 0 Å². The molecule has 1 fully saturated rings. The highest BCUT2D eigenvalue weighted by Gasteiger charge is 2.27. The van der Waals surface area contributed by atoms with Crippen molar-refractivity contribution < 1.29 is 14.0 Å². The minimum atomic E-state index is -0.0450. The summed E-state index contributed by atoms with van der Waals surface area (Å²) in [6, 6.07) is 17.2. The zero-order valence-electron chi connectivity index (χ0n) is 17.8. The minimum Gasteiger partial charge on any atom is -0.441 e. The van der Waals surface area contributed by atoms with Gasteiger partial charge in [-0.3, -0.25) is 9.59 Å². The Balaban J connectivity index is 1.20. The van der Waals surface area contributed by atoms with Crippen LogP contribution in [0, 0.1) is 5.92 Å². The highest BCUT2D eigenvalue weighted by atomic mass is 35.5. The summed E-state index contributed by atoms with van der Waals surface area (Å²) in [6.45, 7) is 1.74. The summed E-state index contributed by atoms with van der Waals surface area (Å²) in [5.74, 6) is 1.29. The summed E-state index contributed by atoms with van der Waals surface area (Å²) < 4.78 is 5.78. The van der Waals surface area contributed by atoms with Gasteiger partial charge in [0.25, 0.3) is 0 Å². The minimum absolute atomic E-state index is 0.0450. The molecule has 4 rings (SSSR count). The quantitative estimate of drug-likeness (QED) is 0.574. The van der Waals surface area contributed by atoms with Crippen molar-refractivity contribution in [2.24, 2.45) is 5.92 Å². The van der Waals surface area contributed by atoms with Gasteiger partial charge in [-0.15, -0.1) is 0 Å². The SMILES string of the molecule is O=C(NCc1ccccc1)C1CCN(C(=O)CCc2ncc(-c3ccc(Cl)cc3)o2)CC1. The molecule has 0 atom stereocenters. The van der Waals surface area contributed by atoms with Crippen LogP contribution in [0.1, 0.15) is 30.7 Å². The maximum Gasteiger partial charge on any atom is 0.223 e. The third kappa shape index (κ3) is 5.77. The lowest BCUT2D eigenvalue weighted by Gasteiger charge is -2.31. The number of piperidine rings is 1. The number of nitrogens with zero attached hydrogens (tertiary/aromatic N) is 2. The molecule has 0 unspecified atom stereocenters. The second kappa shape index (κ2) is 10.5. The molecular weight excluding hydrogens is 426 g/mol. The Morgan fingerprint density at radius 2 is 1.78 bits per heavy atom. The lowest BCUT2D eigenvalue weighted by atomic mass is 9.95. The molecule has 0 saturated carbocycles. The van der Waals surface area contributed by atoms with E-state index in [0.717, 1.165) is 11.1 Å². The summed E-state index contributed by atoms with van der Waals surface area (Å²) >= 11 is 5.92. The first kappa shape index (κ1) is 22.1. The zero-order chi connectivity index (χ0) is 22.3. The molecule has 32 heavy (non-hydrogen) atoms. The number of rotatable bonds is 7. The Labute approximate surface area is 192 Å². The Kier molecular flexibility index (Phi) is 7.22. The van der Waals surface area contributed by atoms with E-state index >= 15 is 0 Å². The van der Waals surface area contributed by atoms with Crippen LogP contribution in [0.25, 0.3) is 11.3 Å². The highest BCUT2D eigenvalue weighted by Crippen LogP contribution is 2.23. The van der Waals surface area contributed by atoms with E-state index in [9.17, 15) is 9.59 Å². The summed E-state index contributed by atoms with van der Waals surface area (Å²) in [6.07, 6.45) is 3.83. The molecule has 166 valence electrons. The number of benzene rings is 2. The van der Waals surface area contributed by atoms with Crippen molar-refractivity contribution in [1.29, 1.82) is 0 Å². The van der Waals surface area contributed by atoms with Crippen LogP contribution < -0.4 is 5.32 Å². The maximum atomic E-state index is 12.6. The second-order valence-corrected chi connectivity index (χ2v) is 8.42. The van der Waals surface area contributed by atoms with Gasteiger partial charge in [-0.1, -0.05) is 41.9 Å². The molecule has 1 N–H and O–H groups in total. The van der Waals surface area contributed by atoms with Gasteiger partial charge in [-0.25, -0.2) is 4.98 Å². The summed E-state index contributed by atoms with van der Waals surface area (Å²) in [4.78, 5) is 31.2. The van der Waals surface area contributed by atoms with Crippen LogP contribution in [0.3, 0.4) is 0 Å². The van der Waals surface area contributed by atoms with E-state index in [2.05, 4.69) is 10.3 Å². The third-order valence-electron chi connectivity index (χ3n) is 5.76. The number of likely N-dealkylation sites (tertiary alicyclic amines) is 1. The van der Waals surface area contributed by atoms with E-state index in [1.807, 2.05) is 47.4 Å². The van der Waals surface area contributed by atoms with Crippen molar-refractivity contribution in [2.45, 2.75) is 32.2 Å². The molecule has 0 spiro atoms. The molecule has 0 radical (unpaired) electrons.